The molecule has 0 heterocycles. The first-order chi connectivity index (χ1) is 8.08. The van der Waals surface area contributed by atoms with Crippen LogP contribution in [0.15, 0.2) is 24.3 Å². The van der Waals surface area contributed by atoms with Gasteiger partial charge in [-0.1, -0.05) is 29.8 Å². The fourth-order valence-electron chi connectivity index (χ4n) is 1.65. The van der Waals surface area contributed by atoms with Crippen LogP contribution in [-0.4, -0.2) is 17.0 Å². The van der Waals surface area contributed by atoms with E-state index >= 15 is 0 Å². The van der Waals surface area contributed by atoms with E-state index in [4.69, 9.17) is 5.11 Å². The van der Waals surface area contributed by atoms with E-state index in [0.717, 1.165) is 18.4 Å². The van der Waals surface area contributed by atoms with Crippen LogP contribution in [-0.2, 0) is 9.59 Å². The van der Waals surface area contributed by atoms with Gasteiger partial charge >= 0.3 is 5.97 Å². The van der Waals surface area contributed by atoms with Crippen molar-refractivity contribution in [2.24, 2.45) is 5.92 Å². The Morgan fingerprint density at radius 2 is 1.88 bits per heavy atom. The van der Waals surface area contributed by atoms with E-state index in [1.807, 2.05) is 19.1 Å². The van der Waals surface area contributed by atoms with Crippen molar-refractivity contribution in [3.63, 3.8) is 0 Å². The monoisotopic (exact) mass is 233 g/mol. The number of amides is 1. The highest BCUT2D eigenvalue weighted by molar-refractivity contribution is 5.87. The predicted octanol–water partition coefficient (Wildman–Crippen LogP) is 1.65. The average molecular weight is 233 g/mol. The smallest absolute Gasteiger partial charge is 0.330 e. The molecule has 0 aliphatic heterocycles. The third kappa shape index (κ3) is 2.84. The molecular weight excluding hydrogens is 218 g/mol. The van der Waals surface area contributed by atoms with Crippen molar-refractivity contribution in [1.29, 1.82) is 0 Å². The highest BCUT2D eigenvalue weighted by atomic mass is 16.4. The van der Waals surface area contributed by atoms with Gasteiger partial charge < -0.3 is 10.4 Å². The number of carboxylic acids is 1. The van der Waals surface area contributed by atoms with Gasteiger partial charge in [-0.2, -0.15) is 0 Å². The summed E-state index contributed by atoms with van der Waals surface area (Å²) in [4.78, 5) is 22.7. The van der Waals surface area contributed by atoms with Crippen LogP contribution in [0.1, 0.15) is 30.0 Å². The lowest BCUT2D eigenvalue weighted by Crippen LogP contribution is -2.34. The Morgan fingerprint density at radius 1 is 1.29 bits per heavy atom. The Balaban J connectivity index is 2.13. The number of carboxylic acid groups (broad SMARTS) is 1. The molecular formula is C13H15NO3. The molecule has 2 rings (SSSR count). The molecule has 1 aromatic rings. The number of hydrogen-bond acceptors (Lipinski definition) is 2. The largest absolute Gasteiger partial charge is 0.479 e. The molecule has 1 atom stereocenters. The van der Waals surface area contributed by atoms with Crippen LogP contribution >= 0.6 is 0 Å². The lowest BCUT2D eigenvalue weighted by Gasteiger charge is -2.14. The lowest BCUT2D eigenvalue weighted by molar-refractivity contribution is -0.142. The van der Waals surface area contributed by atoms with Crippen molar-refractivity contribution < 1.29 is 14.7 Å². The number of carbonyl (C=O) groups excluding carboxylic acids is 1. The summed E-state index contributed by atoms with van der Waals surface area (Å²) in [6.45, 7) is 1.93. The van der Waals surface area contributed by atoms with E-state index in [-0.39, 0.29) is 11.8 Å². The summed E-state index contributed by atoms with van der Waals surface area (Å²) in [6, 6.07) is 6.22. The van der Waals surface area contributed by atoms with Gasteiger partial charge in [0, 0.05) is 5.92 Å². The minimum Gasteiger partial charge on any atom is -0.479 e. The van der Waals surface area contributed by atoms with Gasteiger partial charge in [0.25, 0.3) is 0 Å². The number of nitrogens with one attached hydrogen (secondary N) is 1. The van der Waals surface area contributed by atoms with E-state index in [1.54, 1.807) is 12.1 Å². The third-order valence-corrected chi connectivity index (χ3v) is 2.89. The van der Waals surface area contributed by atoms with Crippen molar-refractivity contribution in [2.75, 3.05) is 0 Å². The maximum absolute atomic E-state index is 11.6. The Bertz CT molecular complexity index is 434. The van der Waals surface area contributed by atoms with E-state index in [1.165, 1.54) is 0 Å². The topological polar surface area (TPSA) is 66.4 Å². The number of rotatable bonds is 4. The normalized spacial score (nSPS) is 16.3. The number of aliphatic carboxylic acids is 1. The Labute approximate surface area is 99.6 Å². The molecule has 1 aromatic carbocycles. The highest BCUT2D eigenvalue weighted by Gasteiger charge is 2.33. The minimum atomic E-state index is -1.03. The van der Waals surface area contributed by atoms with Gasteiger partial charge in [-0.3, -0.25) is 4.79 Å². The third-order valence-electron chi connectivity index (χ3n) is 2.89. The van der Waals surface area contributed by atoms with Crippen molar-refractivity contribution in [3.8, 4) is 0 Å². The molecule has 17 heavy (non-hydrogen) atoms. The lowest BCUT2D eigenvalue weighted by atomic mass is 10.1. The highest BCUT2D eigenvalue weighted by Crippen LogP contribution is 2.29. The molecule has 1 unspecified atom stereocenters. The summed E-state index contributed by atoms with van der Waals surface area (Å²) >= 11 is 0. The second-order valence-corrected chi connectivity index (χ2v) is 4.46. The molecule has 90 valence electrons. The van der Waals surface area contributed by atoms with E-state index in [9.17, 15) is 9.59 Å². The quantitative estimate of drug-likeness (QED) is 0.831. The summed E-state index contributed by atoms with van der Waals surface area (Å²) < 4.78 is 0. The molecule has 0 bridgehead atoms. The molecule has 1 saturated carbocycles. The molecule has 1 amide bonds. The average Bonchev–Trinajstić information content (AvgIpc) is 3.10. The summed E-state index contributed by atoms with van der Waals surface area (Å²) in [5.41, 5.74) is 1.67. The molecule has 0 radical (unpaired) electrons. The first kappa shape index (κ1) is 11.6. The number of hydrogen-bond donors (Lipinski definition) is 2. The molecule has 1 aliphatic rings. The standard InChI is InChI=1S/C13H15NO3/c1-8-2-4-9(5-3-8)11(13(16)17)14-12(15)10-6-7-10/h2-5,10-11H,6-7H2,1H3,(H,14,15)(H,16,17). The number of benzene rings is 1. The molecule has 1 aliphatic carbocycles. The van der Waals surface area contributed by atoms with Gasteiger partial charge in [0.15, 0.2) is 6.04 Å². The van der Waals surface area contributed by atoms with Gasteiger partial charge in [-0.05, 0) is 25.3 Å². The summed E-state index contributed by atoms with van der Waals surface area (Å²) in [6.07, 6.45) is 1.73. The van der Waals surface area contributed by atoms with E-state index in [0.29, 0.717) is 5.56 Å². The van der Waals surface area contributed by atoms with Crippen LogP contribution in [0.4, 0.5) is 0 Å². The Morgan fingerprint density at radius 3 is 2.35 bits per heavy atom. The second kappa shape index (κ2) is 4.57. The molecule has 0 saturated heterocycles. The molecule has 4 nitrogen and oxygen atoms in total. The van der Waals surface area contributed by atoms with Crippen molar-refractivity contribution in [3.05, 3.63) is 35.4 Å². The van der Waals surface area contributed by atoms with E-state index in [2.05, 4.69) is 5.32 Å². The van der Waals surface area contributed by atoms with Gasteiger partial charge in [0.2, 0.25) is 5.91 Å². The van der Waals surface area contributed by atoms with Crippen LogP contribution in [0.25, 0.3) is 0 Å². The van der Waals surface area contributed by atoms with Gasteiger partial charge in [0.1, 0.15) is 0 Å². The first-order valence-corrected chi connectivity index (χ1v) is 5.67. The fourth-order valence-corrected chi connectivity index (χ4v) is 1.65. The predicted molar refractivity (Wildman–Crippen MR) is 62.4 cm³/mol. The van der Waals surface area contributed by atoms with Crippen LogP contribution < -0.4 is 5.32 Å². The zero-order chi connectivity index (χ0) is 12.4. The fraction of sp³-hybridized carbons (Fsp3) is 0.385. The van der Waals surface area contributed by atoms with Crippen LogP contribution in [0.5, 0.6) is 0 Å². The Kier molecular flexibility index (Phi) is 3.13. The zero-order valence-corrected chi connectivity index (χ0v) is 9.64. The maximum Gasteiger partial charge on any atom is 0.330 e. The SMILES string of the molecule is Cc1ccc(C(NC(=O)C2CC2)C(=O)O)cc1. The van der Waals surface area contributed by atoms with Crippen molar-refractivity contribution >= 4 is 11.9 Å². The molecule has 2 N–H and O–H groups in total. The minimum absolute atomic E-state index is 0.0160. The van der Waals surface area contributed by atoms with Gasteiger partial charge in [-0.25, -0.2) is 4.79 Å². The maximum atomic E-state index is 11.6. The number of carbonyl (C=O) groups is 2. The summed E-state index contributed by atoms with van der Waals surface area (Å²) in [5, 5.41) is 11.7. The number of aryl methyl sites for hydroxylation is 1. The molecule has 0 spiro atoms. The molecule has 4 heteroatoms. The van der Waals surface area contributed by atoms with Crippen molar-refractivity contribution in [1.82, 2.24) is 5.32 Å². The zero-order valence-electron chi connectivity index (χ0n) is 9.64. The summed E-state index contributed by atoms with van der Waals surface area (Å²) in [7, 11) is 0. The summed E-state index contributed by atoms with van der Waals surface area (Å²) in [5.74, 6) is -1.16. The molecule has 0 aromatic heterocycles. The Hall–Kier alpha value is -1.84. The second-order valence-electron chi connectivity index (χ2n) is 4.46. The molecule has 1 fully saturated rings. The van der Waals surface area contributed by atoms with E-state index < -0.39 is 12.0 Å². The van der Waals surface area contributed by atoms with Gasteiger partial charge in [-0.15, -0.1) is 0 Å². The van der Waals surface area contributed by atoms with Gasteiger partial charge in [0.05, 0.1) is 0 Å². The van der Waals surface area contributed by atoms with Crippen molar-refractivity contribution in [2.45, 2.75) is 25.8 Å². The first-order valence-electron chi connectivity index (χ1n) is 5.67. The van der Waals surface area contributed by atoms with Crippen LogP contribution in [0.3, 0.4) is 0 Å². The van der Waals surface area contributed by atoms with Crippen LogP contribution in [0.2, 0.25) is 0 Å². The van der Waals surface area contributed by atoms with Crippen LogP contribution in [0, 0.1) is 12.8 Å².